The molecule has 2 spiro atoms. The molecule has 1 aliphatic carbocycles. The number of nitrogens with one attached hydrogen (secondary N) is 3. The number of carbonyl (C=O) groups is 4. The Bertz CT molecular complexity index is 2110. The number of piperazine rings is 1. The summed E-state index contributed by atoms with van der Waals surface area (Å²) >= 11 is 1.91. The van der Waals surface area contributed by atoms with E-state index in [1.165, 1.54) is 0 Å². The molecule has 60 heavy (non-hydrogen) atoms. The van der Waals surface area contributed by atoms with E-state index in [1.807, 2.05) is 40.9 Å². The quantitative estimate of drug-likeness (QED) is 0.0388. The summed E-state index contributed by atoms with van der Waals surface area (Å²) in [6.45, 7) is 9.39. The van der Waals surface area contributed by atoms with Crippen LogP contribution in [0.4, 0.5) is 10.5 Å². The van der Waals surface area contributed by atoms with E-state index < -0.39 is 22.1 Å². The standard InChI is InChI=1S/C47H61N5O7S/c1-43(2)35-28-46-23-16-25-51(46)41(55)47(35,49-40(46)54)27-32-30-19-20-33-31(37(30)52(57)39(32)43)21-24-44(3,59-33)22-14-10-8-6-5-7-9-11-15-26-58-36(53)18-13-12-17-34-38-45(4,29-60-34)50-42(56)48-38/h10,14,19-21,24,27,34-35,38H,5-9,11-13,15-18,22-23,25-26,28-29H2,1-4H3,(H,49,54)(H2,48,50,56)/b14-10+/t34-,35?,38+,44?,45-,46-,47-/m0/s1. The number of piperidine rings is 2. The number of hydrogen-bond donors (Lipinski definition) is 3. The summed E-state index contributed by atoms with van der Waals surface area (Å²) in [4.78, 5) is 53.5. The average Bonchev–Trinajstić information content (AvgIpc) is 3.93. The van der Waals surface area contributed by atoms with E-state index in [4.69, 9.17) is 9.47 Å². The molecule has 4 amide bonds. The molecule has 10 rings (SSSR count). The van der Waals surface area contributed by atoms with Gasteiger partial charge in [0, 0.05) is 36.3 Å². The molecule has 7 atom stereocenters. The predicted octanol–water partition coefficient (Wildman–Crippen LogP) is 7.46. The van der Waals surface area contributed by atoms with Gasteiger partial charge < -0.3 is 35.5 Å². The summed E-state index contributed by atoms with van der Waals surface area (Å²) in [6.07, 6.45) is 23.9. The lowest BCUT2D eigenvalue weighted by molar-refractivity contribution is -0.362. The van der Waals surface area contributed by atoms with Crippen LogP contribution in [0.2, 0.25) is 0 Å². The second-order valence-corrected chi connectivity index (χ2v) is 20.8. The van der Waals surface area contributed by atoms with E-state index in [1.54, 1.807) is 0 Å². The molecule has 1 aromatic rings. The lowest BCUT2D eigenvalue weighted by Crippen LogP contribution is -2.83. The second kappa shape index (κ2) is 15.3. The van der Waals surface area contributed by atoms with Crippen molar-refractivity contribution in [1.82, 2.24) is 20.9 Å². The molecule has 0 radical (unpaired) electrons. The van der Waals surface area contributed by atoms with E-state index in [2.05, 4.69) is 61.9 Å². The highest BCUT2D eigenvalue weighted by molar-refractivity contribution is 8.00. The molecule has 13 heteroatoms. The Morgan fingerprint density at radius 1 is 1.03 bits per heavy atom. The minimum Gasteiger partial charge on any atom is -0.618 e. The first-order valence-electron chi connectivity index (χ1n) is 22.5. The van der Waals surface area contributed by atoms with Crippen LogP contribution in [0.5, 0.6) is 5.75 Å². The highest BCUT2D eigenvalue weighted by atomic mass is 32.2. The van der Waals surface area contributed by atoms with Crippen molar-refractivity contribution in [2.75, 3.05) is 18.9 Å². The normalized spacial score (nSPS) is 33.7. The average molecular weight is 840 g/mol. The first kappa shape index (κ1) is 41.1. The molecule has 12 nitrogen and oxygen atoms in total. The molecule has 6 fully saturated rings. The third-order valence-corrected chi connectivity index (χ3v) is 16.7. The Hall–Kier alpha value is -4.26. The molecule has 322 valence electrons. The van der Waals surface area contributed by atoms with Crippen molar-refractivity contribution in [3.8, 4) is 5.75 Å². The van der Waals surface area contributed by atoms with Crippen molar-refractivity contribution in [3.05, 3.63) is 52.8 Å². The van der Waals surface area contributed by atoms with Crippen LogP contribution in [0.3, 0.4) is 0 Å². The SMILES string of the molecule is CC1(C/C=C/CCCCCCCCOC(=O)CCCC[C@@H]2SC[C@]3(C)NC(=O)N[C@H]23)C=Cc2c(ccc3c2[N+]([O-])=C2C3=C[C@@]34NC(=O)[C@]5(CCCN5C3=O)CC4C2(C)C)O1. The molecular formula is C47H61N5O7S. The largest absolute Gasteiger partial charge is 0.618 e. The zero-order chi connectivity index (χ0) is 42.1. The molecule has 2 unspecified atom stereocenters. The summed E-state index contributed by atoms with van der Waals surface area (Å²) in [5, 5.41) is 24.1. The first-order chi connectivity index (χ1) is 28.7. The zero-order valence-electron chi connectivity index (χ0n) is 35.7. The minimum atomic E-state index is -1.16. The molecule has 6 saturated heterocycles. The lowest BCUT2D eigenvalue weighted by atomic mass is 9.51. The van der Waals surface area contributed by atoms with Crippen LogP contribution < -0.4 is 20.7 Å². The summed E-state index contributed by atoms with van der Waals surface area (Å²) < 4.78 is 13.1. The fraction of sp³-hybridized carbons (Fsp3) is 0.638. The zero-order valence-corrected chi connectivity index (χ0v) is 36.5. The molecule has 1 aromatic carbocycles. The van der Waals surface area contributed by atoms with Crippen molar-refractivity contribution in [2.45, 2.75) is 158 Å². The molecule has 8 heterocycles. The van der Waals surface area contributed by atoms with Gasteiger partial charge in [0.15, 0.2) is 0 Å². The highest BCUT2D eigenvalue weighted by Crippen LogP contribution is 2.61. The number of urea groups is 1. The Labute approximate surface area is 358 Å². The third kappa shape index (κ3) is 6.67. The number of amides is 4. The summed E-state index contributed by atoms with van der Waals surface area (Å²) in [7, 11) is 0. The predicted molar refractivity (Wildman–Crippen MR) is 233 cm³/mol. The molecule has 0 aromatic heterocycles. The topological polar surface area (TPSA) is 152 Å². The molecule has 2 bridgehead atoms. The summed E-state index contributed by atoms with van der Waals surface area (Å²) in [5.74, 6) is 1.17. The number of unbranched alkanes of at least 4 members (excludes halogenated alkanes) is 7. The highest BCUT2D eigenvalue weighted by Gasteiger charge is 2.74. The first-order valence-corrected chi connectivity index (χ1v) is 23.6. The Morgan fingerprint density at radius 3 is 2.67 bits per heavy atom. The Kier molecular flexibility index (Phi) is 10.5. The van der Waals surface area contributed by atoms with Crippen molar-refractivity contribution in [2.24, 2.45) is 11.3 Å². The van der Waals surface area contributed by atoms with Gasteiger partial charge in [-0.05, 0) is 109 Å². The Morgan fingerprint density at radius 2 is 1.83 bits per heavy atom. The maximum atomic E-state index is 14.4. The lowest BCUT2D eigenvalue weighted by Gasteiger charge is -2.62. The van der Waals surface area contributed by atoms with E-state index in [-0.39, 0.29) is 41.3 Å². The van der Waals surface area contributed by atoms with Crippen LogP contribution in [-0.4, -0.2) is 91.6 Å². The van der Waals surface area contributed by atoms with Crippen LogP contribution in [0.15, 0.2) is 36.4 Å². The van der Waals surface area contributed by atoms with E-state index >= 15 is 0 Å². The van der Waals surface area contributed by atoms with Crippen molar-refractivity contribution < 1.29 is 33.4 Å². The van der Waals surface area contributed by atoms with Gasteiger partial charge in [-0.2, -0.15) is 16.5 Å². The van der Waals surface area contributed by atoms with Gasteiger partial charge in [-0.15, -0.1) is 0 Å². The molecular weight excluding hydrogens is 779 g/mol. The number of carbonyl (C=O) groups excluding carboxylic acids is 4. The fourth-order valence-electron chi connectivity index (χ4n) is 11.8. The minimum absolute atomic E-state index is 0.0374. The molecule has 0 saturated carbocycles. The number of ether oxygens (including phenoxy) is 2. The fourth-order valence-corrected chi connectivity index (χ4v) is 13.5. The van der Waals surface area contributed by atoms with Crippen LogP contribution in [0.25, 0.3) is 11.6 Å². The van der Waals surface area contributed by atoms with Gasteiger partial charge in [-0.1, -0.05) is 44.3 Å². The number of thioether (sulfide) groups is 1. The number of rotatable bonds is 16. The molecule has 8 aliphatic heterocycles. The van der Waals surface area contributed by atoms with E-state index in [0.717, 1.165) is 97.8 Å². The second-order valence-electron chi connectivity index (χ2n) is 19.6. The van der Waals surface area contributed by atoms with Gasteiger partial charge >= 0.3 is 12.0 Å². The maximum Gasteiger partial charge on any atom is 0.315 e. The smallest absolute Gasteiger partial charge is 0.315 e. The monoisotopic (exact) mass is 839 g/mol. The van der Waals surface area contributed by atoms with E-state index in [0.29, 0.717) is 61.2 Å². The van der Waals surface area contributed by atoms with Gasteiger partial charge in [-0.3, -0.25) is 14.4 Å². The maximum absolute atomic E-state index is 14.4. The van der Waals surface area contributed by atoms with Crippen molar-refractivity contribution in [3.63, 3.8) is 0 Å². The summed E-state index contributed by atoms with van der Waals surface area (Å²) in [6, 6.07) is 3.98. The van der Waals surface area contributed by atoms with Gasteiger partial charge in [0.05, 0.1) is 40.3 Å². The van der Waals surface area contributed by atoms with Crippen LogP contribution in [-0.2, 0) is 19.1 Å². The number of benzene rings is 1. The summed E-state index contributed by atoms with van der Waals surface area (Å²) in [5.41, 5.74) is 0.141. The third-order valence-electron chi connectivity index (χ3n) is 15.0. The molecule has 9 aliphatic rings. The van der Waals surface area contributed by atoms with Crippen LogP contribution in [0, 0.1) is 16.5 Å². The van der Waals surface area contributed by atoms with Crippen molar-refractivity contribution >= 4 is 58.6 Å². The van der Waals surface area contributed by atoms with Crippen molar-refractivity contribution in [1.29, 1.82) is 0 Å². The van der Waals surface area contributed by atoms with Crippen LogP contribution in [0.1, 0.15) is 135 Å². The number of allylic oxidation sites excluding steroid dienone is 2. The number of fused-ring (bicyclic) bond motifs is 7. The van der Waals surface area contributed by atoms with E-state index in [9.17, 15) is 24.4 Å². The van der Waals surface area contributed by atoms with Gasteiger partial charge in [0.2, 0.25) is 17.3 Å². The van der Waals surface area contributed by atoms with Gasteiger partial charge in [0.1, 0.15) is 22.4 Å². The van der Waals surface area contributed by atoms with Crippen LogP contribution >= 0.6 is 11.8 Å². The number of hydrogen-bond acceptors (Lipinski definition) is 8. The number of esters is 1. The molecule has 3 N–H and O–H groups in total. The van der Waals surface area contributed by atoms with Gasteiger partial charge in [0.25, 0.3) is 5.91 Å². The number of nitrogens with zero attached hydrogens (tertiary/aromatic N) is 2. The van der Waals surface area contributed by atoms with Gasteiger partial charge in [-0.25, -0.2) is 4.79 Å². The Balaban J connectivity index is 0.694.